The maximum atomic E-state index is 13.3. The molecular weight excluding hydrogens is 360 g/mol. The Morgan fingerprint density at radius 3 is 2.34 bits per heavy atom. The fourth-order valence-electron chi connectivity index (χ4n) is 3.37. The van der Waals surface area contributed by atoms with Crippen LogP contribution in [0.15, 0.2) is 72.5 Å². The van der Waals surface area contributed by atoms with E-state index in [1.807, 2.05) is 37.3 Å². The van der Waals surface area contributed by atoms with Crippen LogP contribution in [0.2, 0.25) is 0 Å². The van der Waals surface area contributed by atoms with Gasteiger partial charge in [-0.3, -0.25) is 9.69 Å². The summed E-state index contributed by atoms with van der Waals surface area (Å²) in [7, 11) is 0. The second-order valence-electron chi connectivity index (χ2n) is 7.31. The third-order valence-corrected chi connectivity index (χ3v) is 5.10. The molecule has 3 aromatic rings. The summed E-state index contributed by atoms with van der Waals surface area (Å²) in [6, 6.07) is 21.7. The number of carbonyl (C=O) groups excluding carboxylic acids is 1. The number of rotatable bonds is 4. The molecule has 1 amide bonds. The van der Waals surface area contributed by atoms with Crippen LogP contribution < -0.4 is 15.4 Å². The highest BCUT2D eigenvalue weighted by atomic mass is 16.5. The highest BCUT2D eigenvalue weighted by Gasteiger charge is 2.30. The van der Waals surface area contributed by atoms with E-state index in [1.54, 1.807) is 23.1 Å². The van der Waals surface area contributed by atoms with Crippen molar-refractivity contribution in [2.45, 2.75) is 26.8 Å². The monoisotopic (exact) mass is 384 g/mol. The Kier molecular flexibility index (Phi) is 5.09. The van der Waals surface area contributed by atoms with Crippen LogP contribution >= 0.6 is 0 Å². The molecule has 0 fully saturated rings. The SMILES string of the molecule is CCc1ccc(/C=C2/Oc3cc(N)ccc3N(Cc3ccc(C)cc3)C2=O)cc1. The summed E-state index contributed by atoms with van der Waals surface area (Å²) in [6.07, 6.45) is 2.76. The molecule has 0 radical (unpaired) electrons. The second kappa shape index (κ2) is 7.84. The van der Waals surface area contributed by atoms with E-state index >= 15 is 0 Å². The molecule has 0 spiro atoms. The lowest BCUT2D eigenvalue weighted by Crippen LogP contribution is -2.36. The minimum atomic E-state index is -0.164. The van der Waals surface area contributed by atoms with Gasteiger partial charge in [0.05, 0.1) is 12.2 Å². The van der Waals surface area contributed by atoms with Crippen molar-refractivity contribution in [3.05, 3.63) is 94.7 Å². The van der Waals surface area contributed by atoms with Crippen molar-refractivity contribution in [2.24, 2.45) is 0 Å². The predicted octanol–water partition coefficient (Wildman–Crippen LogP) is 5.11. The Hall–Kier alpha value is -3.53. The summed E-state index contributed by atoms with van der Waals surface area (Å²) in [6.45, 7) is 4.63. The standard InChI is InChI=1S/C25H24N2O2/c1-3-18-8-10-19(11-9-18)14-24-25(28)27(16-20-6-4-17(2)5-7-20)22-13-12-21(26)15-23(22)29-24/h4-15H,3,16,26H2,1-2H3/b24-14+. The maximum absolute atomic E-state index is 13.3. The molecule has 0 atom stereocenters. The quantitative estimate of drug-likeness (QED) is 0.502. The van der Waals surface area contributed by atoms with Gasteiger partial charge in [0.2, 0.25) is 0 Å². The van der Waals surface area contributed by atoms with Crippen molar-refractivity contribution in [2.75, 3.05) is 10.6 Å². The molecule has 29 heavy (non-hydrogen) atoms. The van der Waals surface area contributed by atoms with Crippen LogP contribution in [0, 0.1) is 6.92 Å². The lowest BCUT2D eigenvalue weighted by atomic mass is 10.1. The smallest absolute Gasteiger partial charge is 0.294 e. The number of anilines is 2. The minimum absolute atomic E-state index is 0.164. The van der Waals surface area contributed by atoms with Gasteiger partial charge in [0.15, 0.2) is 11.5 Å². The number of hydrogen-bond acceptors (Lipinski definition) is 3. The molecule has 1 aliphatic heterocycles. The molecule has 2 N–H and O–H groups in total. The molecule has 0 saturated carbocycles. The highest BCUT2D eigenvalue weighted by molar-refractivity contribution is 6.09. The molecule has 1 aliphatic rings. The average molecular weight is 384 g/mol. The normalized spacial score (nSPS) is 14.6. The Bertz CT molecular complexity index is 1070. The van der Waals surface area contributed by atoms with E-state index in [4.69, 9.17) is 10.5 Å². The molecule has 4 heteroatoms. The molecule has 0 aromatic heterocycles. The Labute approximate surface area is 171 Å². The number of benzene rings is 3. The number of hydrogen-bond donors (Lipinski definition) is 1. The molecular formula is C25H24N2O2. The summed E-state index contributed by atoms with van der Waals surface area (Å²) in [5.74, 6) is 0.718. The van der Waals surface area contributed by atoms with Gasteiger partial charge < -0.3 is 10.5 Å². The average Bonchev–Trinajstić information content (AvgIpc) is 2.73. The highest BCUT2D eigenvalue weighted by Crippen LogP contribution is 2.38. The largest absolute Gasteiger partial charge is 0.449 e. The third-order valence-electron chi connectivity index (χ3n) is 5.10. The van der Waals surface area contributed by atoms with E-state index in [2.05, 4.69) is 31.2 Å². The van der Waals surface area contributed by atoms with E-state index in [0.29, 0.717) is 23.7 Å². The van der Waals surface area contributed by atoms with Crippen molar-refractivity contribution in [1.29, 1.82) is 0 Å². The number of aryl methyl sites for hydroxylation is 2. The molecule has 0 unspecified atom stereocenters. The molecule has 0 bridgehead atoms. The van der Waals surface area contributed by atoms with Gasteiger partial charge in [-0.1, -0.05) is 61.0 Å². The number of nitrogens with zero attached hydrogens (tertiary/aromatic N) is 1. The number of nitrogen functional groups attached to an aromatic ring is 1. The topological polar surface area (TPSA) is 55.6 Å². The first-order valence-electron chi connectivity index (χ1n) is 9.79. The number of nitrogens with two attached hydrogens (primary N) is 1. The second-order valence-corrected chi connectivity index (χ2v) is 7.31. The third kappa shape index (κ3) is 4.02. The molecule has 4 rings (SSSR count). The lowest BCUT2D eigenvalue weighted by molar-refractivity contribution is -0.117. The summed E-state index contributed by atoms with van der Waals surface area (Å²) in [5.41, 5.74) is 11.7. The van der Waals surface area contributed by atoms with Crippen LogP contribution in [0.5, 0.6) is 5.75 Å². The van der Waals surface area contributed by atoms with E-state index in [9.17, 15) is 4.79 Å². The first kappa shape index (κ1) is 18.8. The fraction of sp³-hybridized carbons (Fsp3) is 0.160. The van der Waals surface area contributed by atoms with Gasteiger partial charge >= 0.3 is 0 Å². The summed E-state index contributed by atoms with van der Waals surface area (Å²) >= 11 is 0. The summed E-state index contributed by atoms with van der Waals surface area (Å²) in [4.78, 5) is 15.0. The van der Waals surface area contributed by atoms with E-state index in [1.165, 1.54) is 11.1 Å². The zero-order valence-corrected chi connectivity index (χ0v) is 16.7. The first-order chi connectivity index (χ1) is 14.0. The van der Waals surface area contributed by atoms with Gasteiger partial charge in [-0.2, -0.15) is 0 Å². The van der Waals surface area contributed by atoms with Crippen LogP contribution in [0.1, 0.15) is 29.2 Å². The van der Waals surface area contributed by atoms with Crippen molar-refractivity contribution in [3.8, 4) is 5.75 Å². The number of amides is 1. The summed E-state index contributed by atoms with van der Waals surface area (Å²) < 4.78 is 5.96. The van der Waals surface area contributed by atoms with Crippen LogP contribution in [0.4, 0.5) is 11.4 Å². The zero-order valence-electron chi connectivity index (χ0n) is 16.7. The minimum Gasteiger partial charge on any atom is -0.449 e. The van der Waals surface area contributed by atoms with Gasteiger partial charge in [-0.15, -0.1) is 0 Å². The van der Waals surface area contributed by atoms with Gasteiger partial charge in [-0.25, -0.2) is 0 Å². The zero-order chi connectivity index (χ0) is 20.4. The van der Waals surface area contributed by atoms with Crippen LogP contribution in [-0.2, 0) is 17.8 Å². The predicted molar refractivity (Wildman–Crippen MR) is 118 cm³/mol. The van der Waals surface area contributed by atoms with Gasteiger partial charge in [-0.05, 0) is 48.2 Å². The molecule has 0 saturated heterocycles. The van der Waals surface area contributed by atoms with Crippen LogP contribution in [-0.4, -0.2) is 5.91 Å². The molecule has 1 heterocycles. The molecule has 3 aromatic carbocycles. The molecule has 4 nitrogen and oxygen atoms in total. The molecule has 0 aliphatic carbocycles. The number of carbonyl (C=O) groups is 1. The van der Waals surface area contributed by atoms with Crippen LogP contribution in [0.25, 0.3) is 6.08 Å². The Morgan fingerprint density at radius 1 is 0.966 bits per heavy atom. The fourth-order valence-corrected chi connectivity index (χ4v) is 3.37. The van der Waals surface area contributed by atoms with E-state index in [-0.39, 0.29) is 5.91 Å². The maximum Gasteiger partial charge on any atom is 0.294 e. The van der Waals surface area contributed by atoms with E-state index in [0.717, 1.165) is 23.2 Å². The summed E-state index contributed by atoms with van der Waals surface area (Å²) in [5, 5.41) is 0. The number of fused-ring (bicyclic) bond motifs is 1. The molecule has 146 valence electrons. The van der Waals surface area contributed by atoms with Crippen molar-refractivity contribution in [3.63, 3.8) is 0 Å². The Balaban J connectivity index is 1.72. The van der Waals surface area contributed by atoms with E-state index < -0.39 is 0 Å². The van der Waals surface area contributed by atoms with Crippen LogP contribution in [0.3, 0.4) is 0 Å². The first-order valence-corrected chi connectivity index (χ1v) is 9.79. The Morgan fingerprint density at radius 2 is 1.66 bits per heavy atom. The van der Waals surface area contributed by atoms with Gasteiger partial charge in [0, 0.05) is 11.8 Å². The van der Waals surface area contributed by atoms with Gasteiger partial charge in [0.1, 0.15) is 0 Å². The van der Waals surface area contributed by atoms with Crippen molar-refractivity contribution < 1.29 is 9.53 Å². The number of ether oxygens (including phenoxy) is 1. The lowest BCUT2D eigenvalue weighted by Gasteiger charge is -2.31. The van der Waals surface area contributed by atoms with Crippen molar-refractivity contribution >= 4 is 23.4 Å². The van der Waals surface area contributed by atoms with Crippen molar-refractivity contribution in [1.82, 2.24) is 0 Å². The van der Waals surface area contributed by atoms with Gasteiger partial charge in [0.25, 0.3) is 5.91 Å².